The maximum absolute atomic E-state index is 11.5. The van der Waals surface area contributed by atoms with Crippen molar-refractivity contribution in [2.24, 2.45) is 5.92 Å². The minimum atomic E-state index is -0.0517. The first-order valence-electron chi connectivity index (χ1n) is 12.7. The molecule has 0 fully saturated rings. The van der Waals surface area contributed by atoms with E-state index < -0.39 is 0 Å². The lowest BCUT2D eigenvalue weighted by Gasteiger charge is -2.14. The number of esters is 2. The third-order valence-corrected chi connectivity index (χ3v) is 5.55. The van der Waals surface area contributed by atoms with Crippen LogP contribution >= 0.6 is 0 Å². The van der Waals surface area contributed by atoms with Crippen molar-refractivity contribution in [2.45, 2.75) is 150 Å². The van der Waals surface area contributed by atoms with Crippen molar-refractivity contribution in [2.75, 3.05) is 0 Å². The molecule has 0 rings (SSSR count). The molecule has 0 aromatic heterocycles. The van der Waals surface area contributed by atoms with E-state index in [-0.39, 0.29) is 24.1 Å². The molecule has 0 radical (unpaired) electrons. The van der Waals surface area contributed by atoms with Crippen LogP contribution in [0, 0.1) is 5.92 Å². The van der Waals surface area contributed by atoms with Gasteiger partial charge in [-0.25, -0.2) is 0 Å². The van der Waals surface area contributed by atoms with Crippen molar-refractivity contribution < 1.29 is 19.1 Å². The lowest BCUT2D eigenvalue weighted by molar-refractivity contribution is -0.148. The number of hydrogen-bond donors (Lipinski definition) is 0. The Morgan fingerprint density at radius 3 is 1.27 bits per heavy atom. The molecule has 0 aliphatic rings. The zero-order valence-corrected chi connectivity index (χ0v) is 20.7. The minimum Gasteiger partial charge on any atom is -0.463 e. The van der Waals surface area contributed by atoms with Crippen molar-refractivity contribution in [3.63, 3.8) is 0 Å². The van der Waals surface area contributed by atoms with Crippen LogP contribution in [0.2, 0.25) is 0 Å². The molecule has 0 aliphatic carbocycles. The van der Waals surface area contributed by atoms with Crippen LogP contribution in [0.25, 0.3) is 0 Å². The smallest absolute Gasteiger partial charge is 0.306 e. The fourth-order valence-electron chi connectivity index (χ4n) is 3.84. The summed E-state index contributed by atoms with van der Waals surface area (Å²) in [5, 5.41) is 0. The molecule has 0 saturated carbocycles. The van der Waals surface area contributed by atoms with Gasteiger partial charge in [-0.1, -0.05) is 84.0 Å². The quantitative estimate of drug-likeness (QED) is 0.147. The molecule has 4 heteroatoms. The van der Waals surface area contributed by atoms with Gasteiger partial charge in [0, 0.05) is 12.8 Å². The first-order chi connectivity index (χ1) is 14.3. The highest BCUT2D eigenvalue weighted by atomic mass is 16.5. The van der Waals surface area contributed by atoms with Gasteiger partial charge >= 0.3 is 11.9 Å². The van der Waals surface area contributed by atoms with E-state index in [0.717, 1.165) is 31.6 Å². The van der Waals surface area contributed by atoms with Crippen molar-refractivity contribution in [1.82, 2.24) is 0 Å². The molecule has 178 valence electrons. The van der Waals surface area contributed by atoms with Gasteiger partial charge in [-0.2, -0.15) is 0 Å². The molecule has 0 spiro atoms. The third kappa shape index (κ3) is 20.2. The van der Waals surface area contributed by atoms with Gasteiger partial charge in [0.05, 0.1) is 12.2 Å². The normalized spacial score (nSPS) is 12.4. The Bertz CT molecular complexity index is 417. The van der Waals surface area contributed by atoms with Crippen molar-refractivity contribution in [3.05, 3.63) is 0 Å². The predicted molar refractivity (Wildman–Crippen MR) is 125 cm³/mol. The molecule has 30 heavy (non-hydrogen) atoms. The van der Waals surface area contributed by atoms with Crippen LogP contribution < -0.4 is 0 Å². The summed E-state index contributed by atoms with van der Waals surface area (Å²) in [5.74, 6) is 0.744. The largest absolute Gasteiger partial charge is 0.463 e. The third-order valence-electron chi connectivity index (χ3n) is 5.55. The topological polar surface area (TPSA) is 52.6 Å². The molecule has 0 saturated heterocycles. The highest BCUT2D eigenvalue weighted by Crippen LogP contribution is 2.21. The zero-order valence-electron chi connectivity index (χ0n) is 20.7. The Hall–Kier alpha value is -1.06. The van der Waals surface area contributed by atoms with E-state index in [1.165, 1.54) is 64.2 Å². The monoisotopic (exact) mass is 426 g/mol. The molecular weight excluding hydrogens is 376 g/mol. The number of carbonyl (C=O) groups is 2. The second kappa shape index (κ2) is 19.9. The predicted octanol–water partition coefficient (Wildman–Crippen LogP) is 7.77. The van der Waals surface area contributed by atoms with Crippen LogP contribution in [0.4, 0.5) is 0 Å². The lowest BCUT2D eigenvalue weighted by Crippen LogP contribution is -2.10. The van der Waals surface area contributed by atoms with Crippen molar-refractivity contribution >= 4 is 11.9 Å². The SMILES string of the molecule is CCC(CCCCCCCCCCC(=O)OC(C)C)CCCCCC(=O)OC(C)C. The Balaban J connectivity index is 3.46. The van der Waals surface area contributed by atoms with Crippen molar-refractivity contribution in [1.29, 1.82) is 0 Å². The van der Waals surface area contributed by atoms with Crippen molar-refractivity contribution in [3.8, 4) is 0 Å². The van der Waals surface area contributed by atoms with Crippen LogP contribution in [0.1, 0.15) is 137 Å². The molecule has 0 N–H and O–H groups in total. The molecule has 0 bridgehead atoms. The second-order valence-corrected chi connectivity index (χ2v) is 9.32. The fraction of sp³-hybridized carbons (Fsp3) is 0.923. The average Bonchev–Trinajstić information content (AvgIpc) is 2.66. The highest BCUT2D eigenvalue weighted by molar-refractivity contribution is 5.69. The van der Waals surface area contributed by atoms with E-state index in [1.54, 1.807) is 0 Å². The fourth-order valence-corrected chi connectivity index (χ4v) is 3.84. The number of carbonyl (C=O) groups excluding carboxylic acids is 2. The van der Waals surface area contributed by atoms with E-state index in [4.69, 9.17) is 9.47 Å². The van der Waals surface area contributed by atoms with Gasteiger partial charge in [0.2, 0.25) is 0 Å². The standard InChI is InChI=1S/C26H50O4/c1-6-24(19-15-13-17-21-26(28)30-23(4)5)18-14-11-9-7-8-10-12-16-20-25(27)29-22(2)3/h22-24H,6-21H2,1-5H3. The Morgan fingerprint density at radius 1 is 0.567 bits per heavy atom. The Kier molecular flexibility index (Phi) is 19.2. The van der Waals surface area contributed by atoms with Gasteiger partial charge < -0.3 is 9.47 Å². The van der Waals surface area contributed by atoms with Gasteiger partial charge in [0.1, 0.15) is 0 Å². The van der Waals surface area contributed by atoms with Gasteiger partial charge in [-0.3, -0.25) is 9.59 Å². The number of ether oxygens (including phenoxy) is 2. The summed E-state index contributed by atoms with van der Waals surface area (Å²) in [6.45, 7) is 9.91. The van der Waals surface area contributed by atoms with Crippen LogP contribution in [0.5, 0.6) is 0 Å². The molecule has 0 aliphatic heterocycles. The maximum Gasteiger partial charge on any atom is 0.306 e. The van der Waals surface area contributed by atoms with Gasteiger partial charge in [0.25, 0.3) is 0 Å². The lowest BCUT2D eigenvalue weighted by atomic mass is 9.92. The van der Waals surface area contributed by atoms with Gasteiger partial charge in [0.15, 0.2) is 0 Å². The zero-order chi connectivity index (χ0) is 22.6. The van der Waals surface area contributed by atoms with Crippen LogP contribution in [-0.2, 0) is 19.1 Å². The van der Waals surface area contributed by atoms with E-state index in [9.17, 15) is 9.59 Å². The summed E-state index contributed by atoms with van der Waals surface area (Å²) in [7, 11) is 0. The van der Waals surface area contributed by atoms with E-state index in [2.05, 4.69) is 6.92 Å². The number of unbranched alkanes of at least 4 members (excludes halogenated alkanes) is 9. The van der Waals surface area contributed by atoms with Gasteiger partial charge in [-0.15, -0.1) is 0 Å². The van der Waals surface area contributed by atoms with E-state index in [1.807, 2.05) is 27.7 Å². The van der Waals surface area contributed by atoms with Crippen LogP contribution in [0.15, 0.2) is 0 Å². The molecule has 4 nitrogen and oxygen atoms in total. The Morgan fingerprint density at radius 2 is 0.900 bits per heavy atom. The van der Waals surface area contributed by atoms with Gasteiger partial charge in [-0.05, 0) is 46.5 Å². The summed E-state index contributed by atoms with van der Waals surface area (Å²) in [4.78, 5) is 23.0. The first kappa shape index (κ1) is 28.9. The molecule has 0 aromatic carbocycles. The summed E-state index contributed by atoms with van der Waals surface area (Å²) < 4.78 is 10.3. The highest BCUT2D eigenvalue weighted by Gasteiger charge is 2.08. The first-order valence-corrected chi connectivity index (χ1v) is 12.7. The molecule has 0 aromatic rings. The van der Waals surface area contributed by atoms with Crippen LogP contribution in [-0.4, -0.2) is 24.1 Å². The summed E-state index contributed by atoms with van der Waals surface area (Å²) in [5.41, 5.74) is 0. The molecule has 1 unspecified atom stereocenters. The molecule has 0 amide bonds. The summed E-state index contributed by atoms with van der Waals surface area (Å²) >= 11 is 0. The molecule has 0 heterocycles. The second-order valence-electron chi connectivity index (χ2n) is 9.32. The maximum atomic E-state index is 11.5. The summed E-state index contributed by atoms with van der Waals surface area (Å²) in [6, 6.07) is 0. The number of rotatable bonds is 20. The van der Waals surface area contributed by atoms with Crippen LogP contribution in [0.3, 0.4) is 0 Å². The number of hydrogen-bond acceptors (Lipinski definition) is 4. The van der Waals surface area contributed by atoms with E-state index in [0.29, 0.717) is 12.8 Å². The minimum absolute atomic E-state index is 0.00214. The molecular formula is C26H50O4. The summed E-state index contributed by atoms with van der Waals surface area (Å²) in [6.07, 6.45) is 18.4. The Labute approximate surface area is 186 Å². The average molecular weight is 427 g/mol. The van der Waals surface area contributed by atoms with E-state index >= 15 is 0 Å². The molecule has 1 atom stereocenters.